The van der Waals surface area contributed by atoms with Crippen molar-refractivity contribution in [3.05, 3.63) is 142 Å². The number of hydrogen-bond donors (Lipinski definition) is 3. The molecule has 14 heteroatoms. The summed E-state index contributed by atoms with van der Waals surface area (Å²) in [5.41, 5.74) is 10.4. The number of anilines is 4. The maximum Gasteiger partial charge on any atom is 0.251 e. The van der Waals surface area contributed by atoms with E-state index in [1.807, 2.05) is 87.2 Å². The van der Waals surface area contributed by atoms with Gasteiger partial charge in [0.05, 0.1) is 15.6 Å². The third kappa shape index (κ3) is 9.45. The lowest BCUT2D eigenvalue weighted by Crippen LogP contribution is -2.49. The molecule has 0 unspecified atom stereocenters. The van der Waals surface area contributed by atoms with Gasteiger partial charge in [-0.05, 0) is 112 Å². The topological polar surface area (TPSA) is 159 Å². The highest BCUT2D eigenvalue weighted by Crippen LogP contribution is 2.43. The Balaban J connectivity index is 1.11. The minimum atomic E-state index is -4.30. The molecular weight excluding hydrogens is 815 g/mol. The van der Waals surface area contributed by atoms with E-state index >= 15 is 0 Å². The fourth-order valence-electron chi connectivity index (χ4n) is 7.94. The molecule has 0 radical (unpaired) electrons. The molecule has 1 aliphatic carbocycles. The van der Waals surface area contributed by atoms with Crippen LogP contribution in [-0.4, -0.2) is 93.1 Å². The fraction of sp³-hybridized carbons (Fsp3) is 0.229. The van der Waals surface area contributed by atoms with Crippen molar-refractivity contribution in [1.82, 2.24) is 15.3 Å². The van der Waals surface area contributed by atoms with Gasteiger partial charge in [0.1, 0.15) is 33.8 Å². The van der Waals surface area contributed by atoms with Crippen LogP contribution >= 0.6 is 0 Å². The standard InChI is InChI=1S/C48H49N7O5SSi/c1-8-32-11-9-12-34(25-32)53-47-41-27-35(15-20-42(41)50-30-51-47)52-45(56)21-22-49-48(57)33-14-13-31(2)40(26-33)46-38-18-16-36(54(3)4)28-43(38)62(6,7)44-29-37(17-19-39(44)46)55(5)23-10-24-61(58,59)60/h1,9,11-20,25-30H,10,21-24H2,2-7H3,(H3-,49,50,51,52,53,56,57,58,59,60). The maximum absolute atomic E-state index is 13.7. The molecule has 1 aliphatic heterocycles. The van der Waals surface area contributed by atoms with E-state index in [4.69, 9.17) is 6.42 Å². The number of hydrogen-bond acceptors (Lipinski definition) is 9. The Morgan fingerprint density at radius 2 is 1.76 bits per heavy atom. The number of carbonyl (C=O) groups excluding carboxylic acids is 2. The van der Waals surface area contributed by atoms with Crippen molar-refractivity contribution in [2.45, 2.75) is 32.9 Å². The van der Waals surface area contributed by atoms with Crippen LogP contribution in [0.2, 0.25) is 13.1 Å². The number of fused-ring (bicyclic) bond motifs is 3. The summed E-state index contributed by atoms with van der Waals surface area (Å²) in [7, 11) is -0.661. The smallest absolute Gasteiger partial charge is 0.251 e. The van der Waals surface area contributed by atoms with Crippen molar-refractivity contribution in [2.75, 3.05) is 55.5 Å². The van der Waals surface area contributed by atoms with Crippen LogP contribution in [0.25, 0.3) is 16.5 Å². The van der Waals surface area contributed by atoms with Gasteiger partial charge in [0.15, 0.2) is 5.71 Å². The largest absolute Gasteiger partial charge is 0.748 e. The molecule has 2 aliphatic rings. The first-order chi connectivity index (χ1) is 29.5. The van der Waals surface area contributed by atoms with E-state index in [-0.39, 0.29) is 31.2 Å². The van der Waals surface area contributed by atoms with E-state index in [0.29, 0.717) is 34.5 Å². The average molecular weight is 864 g/mol. The highest BCUT2D eigenvalue weighted by atomic mass is 32.2. The van der Waals surface area contributed by atoms with Crippen LogP contribution in [0.15, 0.2) is 114 Å². The van der Waals surface area contributed by atoms with Crippen molar-refractivity contribution in [1.29, 1.82) is 0 Å². The number of allylic oxidation sites excluding steroid dienone is 5. The van der Waals surface area contributed by atoms with Gasteiger partial charge in [0, 0.05) is 85.0 Å². The summed E-state index contributed by atoms with van der Waals surface area (Å²) in [6, 6.07) is 25.1. The molecule has 1 aromatic heterocycles. The average Bonchev–Trinajstić information content (AvgIpc) is 3.23. The van der Waals surface area contributed by atoms with Crippen molar-refractivity contribution in [3.8, 4) is 12.3 Å². The van der Waals surface area contributed by atoms with E-state index in [0.717, 1.165) is 50.5 Å². The van der Waals surface area contributed by atoms with Crippen LogP contribution in [0.3, 0.4) is 0 Å². The summed E-state index contributed by atoms with van der Waals surface area (Å²) in [6.45, 7) is 7.26. The predicted octanol–water partition coefficient (Wildman–Crippen LogP) is 6.27. The van der Waals surface area contributed by atoms with Crippen molar-refractivity contribution < 1.29 is 27.1 Å². The Hall–Kier alpha value is -6.66. The molecule has 0 bridgehead atoms. The maximum atomic E-state index is 13.7. The number of carbonyl (C=O) groups is 2. The van der Waals surface area contributed by atoms with Gasteiger partial charge in [-0.2, -0.15) is 0 Å². The van der Waals surface area contributed by atoms with Gasteiger partial charge in [-0.1, -0.05) is 37.2 Å². The molecule has 316 valence electrons. The summed E-state index contributed by atoms with van der Waals surface area (Å²) in [6.07, 6.45) is 13.7. The first-order valence-electron chi connectivity index (χ1n) is 20.3. The fourth-order valence-corrected chi connectivity index (χ4v) is 11.5. The number of amides is 2. The van der Waals surface area contributed by atoms with E-state index < -0.39 is 23.9 Å². The number of aryl methyl sites for hydroxylation is 1. The highest BCUT2D eigenvalue weighted by Gasteiger charge is 2.41. The third-order valence-corrected chi connectivity index (χ3v) is 15.7. The van der Waals surface area contributed by atoms with Gasteiger partial charge >= 0.3 is 0 Å². The van der Waals surface area contributed by atoms with Crippen molar-refractivity contribution in [3.63, 3.8) is 0 Å². The van der Waals surface area contributed by atoms with E-state index in [2.05, 4.69) is 80.2 Å². The van der Waals surface area contributed by atoms with Gasteiger partial charge in [-0.3, -0.25) is 9.59 Å². The molecule has 3 N–H and O–H groups in total. The first-order valence-corrected chi connectivity index (χ1v) is 24.9. The molecule has 7 rings (SSSR count). The van der Waals surface area contributed by atoms with Crippen LogP contribution in [0.1, 0.15) is 45.5 Å². The van der Waals surface area contributed by atoms with E-state index in [1.54, 1.807) is 12.1 Å². The summed E-state index contributed by atoms with van der Waals surface area (Å²) in [4.78, 5) is 37.8. The van der Waals surface area contributed by atoms with Crippen LogP contribution in [0.5, 0.6) is 0 Å². The molecule has 0 atom stereocenters. The predicted molar refractivity (Wildman–Crippen MR) is 250 cm³/mol. The van der Waals surface area contributed by atoms with Gasteiger partial charge < -0.3 is 25.4 Å². The molecule has 2 amide bonds. The molecule has 62 heavy (non-hydrogen) atoms. The summed E-state index contributed by atoms with van der Waals surface area (Å²) in [5.74, 6) is 2.22. The monoisotopic (exact) mass is 863 g/mol. The van der Waals surface area contributed by atoms with Crippen LogP contribution < -0.4 is 26.0 Å². The zero-order chi connectivity index (χ0) is 44.3. The molecule has 0 saturated carbocycles. The molecule has 5 aromatic rings. The highest BCUT2D eigenvalue weighted by molar-refractivity contribution is 7.85. The van der Waals surface area contributed by atoms with Gasteiger partial charge in [-0.25, -0.2) is 23.0 Å². The molecule has 12 nitrogen and oxygen atoms in total. The molecule has 0 fully saturated rings. The molecule has 4 aromatic carbocycles. The second-order valence-electron chi connectivity index (χ2n) is 16.3. The van der Waals surface area contributed by atoms with E-state index in [9.17, 15) is 22.6 Å². The lowest BCUT2D eigenvalue weighted by molar-refractivity contribution is -0.495. The van der Waals surface area contributed by atoms with Crippen LogP contribution in [-0.2, 0) is 14.9 Å². The third-order valence-electron chi connectivity index (χ3n) is 11.4. The second-order valence-corrected chi connectivity index (χ2v) is 22.1. The summed E-state index contributed by atoms with van der Waals surface area (Å²) < 4.78 is 35.9. The Morgan fingerprint density at radius 1 is 0.952 bits per heavy atom. The molecule has 0 saturated heterocycles. The Bertz CT molecular complexity index is 2930. The zero-order valence-electron chi connectivity index (χ0n) is 35.7. The summed E-state index contributed by atoms with van der Waals surface area (Å²) in [5, 5.41) is 12.4. The van der Waals surface area contributed by atoms with Gasteiger partial charge in [-0.15, -0.1) is 6.42 Å². The number of aromatic nitrogens is 2. The Kier molecular flexibility index (Phi) is 12.4. The second kappa shape index (κ2) is 17.7. The van der Waals surface area contributed by atoms with Crippen molar-refractivity contribution >= 4 is 80.3 Å². The Labute approximate surface area is 364 Å². The number of nitrogens with one attached hydrogen (secondary N) is 3. The Morgan fingerprint density at radius 3 is 2.52 bits per heavy atom. The zero-order valence-corrected chi connectivity index (χ0v) is 37.5. The number of nitrogens with zero attached hydrogens (tertiary/aromatic N) is 4. The lowest BCUT2D eigenvalue weighted by Gasteiger charge is -2.38. The molecular formula is C48H49N7O5SSi. The van der Waals surface area contributed by atoms with Crippen LogP contribution in [0, 0.1) is 19.3 Å². The van der Waals surface area contributed by atoms with Gasteiger partial charge in [0.25, 0.3) is 5.91 Å². The first kappa shape index (κ1) is 43.4. The lowest BCUT2D eigenvalue weighted by atomic mass is 9.86. The normalized spacial score (nSPS) is 14.9. The quantitative estimate of drug-likeness (QED) is 0.0537. The van der Waals surface area contributed by atoms with E-state index in [1.165, 1.54) is 16.7 Å². The molecule has 2 heterocycles. The van der Waals surface area contributed by atoms with Crippen molar-refractivity contribution in [2.24, 2.45) is 0 Å². The minimum Gasteiger partial charge on any atom is -0.748 e. The van der Waals surface area contributed by atoms with Gasteiger partial charge in [0.2, 0.25) is 5.91 Å². The molecule has 0 spiro atoms. The number of rotatable bonds is 13. The SMILES string of the molecule is C#Cc1cccc(Nc2ncnc3ccc(NC(=O)CCNC(=O)c4ccc(C)c(C5=C6C=C/C(=[N+](/C)CCCS(=O)(=O)[O-])C=C6[Si](C)(C)c6cc(N(C)C)ccc65)c4)cc23)c1. The minimum absolute atomic E-state index is 0.0489. The number of benzene rings is 4. The number of terminal acetylenes is 1. The summed E-state index contributed by atoms with van der Waals surface area (Å²) >= 11 is 0. The van der Waals surface area contributed by atoms with Crippen LogP contribution in [0.4, 0.5) is 22.9 Å².